The molecule has 0 N–H and O–H groups in total. The summed E-state index contributed by atoms with van der Waals surface area (Å²) in [6, 6.07) is 5.69. The van der Waals surface area contributed by atoms with Gasteiger partial charge in [-0.25, -0.2) is 4.79 Å². The number of nitrogens with zero attached hydrogens (tertiary/aromatic N) is 1. The van der Waals surface area contributed by atoms with Crippen LogP contribution in [0.1, 0.15) is 44.1 Å². The van der Waals surface area contributed by atoms with E-state index in [9.17, 15) is 4.79 Å². The third kappa shape index (κ3) is 4.15. The molecule has 1 saturated carbocycles. The molecule has 2 aliphatic rings. The van der Waals surface area contributed by atoms with Crippen molar-refractivity contribution < 1.29 is 9.53 Å². The Morgan fingerprint density at radius 1 is 1.24 bits per heavy atom. The lowest BCUT2D eigenvalue weighted by Gasteiger charge is -2.43. The van der Waals surface area contributed by atoms with Gasteiger partial charge in [0, 0.05) is 13.1 Å². The predicted molar refractivity (Wildman–Crippen MR) is 102 cm³/mol. The maximum atomic E-state index is 12.3. The summed E-state index contributed by atoms with van der Waals surface area (Å²) in [6.07, 6.45) is 8.64. The minimum absolute atomic E-state index is 0.203. The van der Waals surface area contributed by atoms with E-state index in [0.717, 1.165) is 18.5 Å². The molecule has 1 saturated heterocycles. The molecule has 1 aromatic carbocycles. The Balaban J connectivity index is 1.83. The first-order valence-electron chi connectivity index (χ1n) is 9.02. The molecular weight excluding hydrogens is 357 g/mol. The topological polar surface area (TPSA) is 29.5 Å². The summed E-state index contributed by atoms with van der Waals surface area (Å²) >= 11 is 12.3. The average Bonchev–Trinajstić information content (AvgIpc) is 2.61. The number of carbonyl (C=O) groups excluding carboxylic acids is 1. The molecule has 0 radical (unpaired) electrons. The Kier molecular flexibility index (Phi) is 5.96. The van der Waals surface area contributed by atoms with E-state index in [1.54, 1.807) is 0 Å². The highest BCUT2D eigenvalue weighted by Crippen LogP contribution is 2.37. The second-order valence-electron chi connectivity index (χ2n) is 7.34. The summed E-state index contributed by atoms with van der Waals surface area (Å²) in [5, 5.41) is 1.06. The van der Waals surface area contributed by atoms with Crippen LogP contribution in [0.15, 0.2) is 30.9 Å². The van der Waals surface area contributed by atoms with Gasteiger partial charge in [-0.15, -0.1) is 6.58 Å². The van der Waals surface area contributed by atoms with Crippen LogP contribution in [0.3, 0.4) is 0 Å². The van der Waals surface area contributed by atoms with Gasteiger partial charge in [0.25, 0.3) is 0 Å². The molecule has 3 rings (SSSR count). The summed E-state index contributed by atoms with van der Waals surface area (Å²) in [5.41, 5.74) is 0.724. The van der Waals surface area contributed by atoms with Gasteiger partial charge in [-0.3, -0.25) is 0 Å². The molecule has 25 heavy (non-hydrogen) atoms. The van der Waals surface area contributed by atoms with Crippen LogP contribution in [0.4, 0.5) is 4.79 Å². The molecule has 1 aromatic rings. The second kappa shape index (κ2) is 8.01. The summed E-state index contributed by atoms with van der Waals surface area (Å²) < 4.78 is 5.59. The lowest BCUT2D eigenvalue weighted by molar-refractivity contribution is 0.0203. The normalized spacial score (nSPS) is 24.9. The van der Waals surface area contributed by atoms with E-state index in [2.05, 4.69) is 6.58 Å². The molecule has 136 valence electrons. The van der Waals surface area contributed by atoms with Crippen LogP contribution in [0.25, 0.3) is 0 Å². The number of allylic oxidation sites excluding steroid dienone is 1. The fourth-order valence-electron chi connectivity index (χ4n) is 4.11. The smallest absolute Gasteiger partial charge is 0.409 e. The summed E-state index contributed by atoms with van der Waals surface area (Å²) in [5.74, 6) is 0.578. The number of benzene rings is 1. The molecule has 1 aliphatic heterocycles. The molecule has 0 spiro atoms. The zero-order valence-electron chi connectivity index (χ0n) is 14.5. The van der Waals surface area contributed by atoms with Crippen molar-refractivity contribution in [2.24, 2.45) is 5.92 Å². The van der Waals surface area contributed by atoms with Crippen LogP contribution in [0.5, 0.6) is 0 Å². The van der Waals surface area contributed by atoms with E-state index < -0.39 is 0 Å². The van der Waals surface area contributed by atoms with Gasteiger partial charge in [-0.2, -0.15) is 0 Å². The van der Waals surface area contributed by atoms with E-state index in [1.807, 2.05) is 29.2 Å². The monoisotopic (exact) mass is 381 g/mol. The molecule has 0 aromatic heterocycles. The number of amides is 1. The molecule has 2 fully saturated rings. The van der Waals surface area contributed by atoms with Crippen molar-refractivity contribution >= 4 is 29.3 Å². The van der Waals surface area contributed by atoms with Crippen molar-refractivity contribution in [2.75, 3.05) is 19.7 Å². The molecule has 1 heterocycles. The third-order valence-corrected chi connectivity index (χ3v) is 6.23. The quantitative estimate of drug-likeness (QED) is 0.599. The highest BCUT2D eigenvalue weighted by atomic mass is 35.5. The maximum Gasteiger partial charge on any atom is 0.409 e. The Bertz CT molecular complexity index is 643. The van der Waals surface area contributed by atoms with Crippen molar-refractivity contribution in [1.82, 2.24) is 4.90 Å². The molecule has 0 bridgehead atoms. The zero-order chi connectivity index (χ0) is 17.9. The van der Waals surface area contributed by atoms with Crippen LogP contribution in [0, 0.1) is 5.92 Å². The van der Waals surface area contributed by atoms with Crippen molar-refractivity contribution in [3.05, 3.63) is 46.5 Å². The Hall–Kier alpha value is -1.19. The van der Waals surface area contributed by atoms with Crippen LogP contribution < -0.4 is 0 Å². The molecule has 1 amide bonds. The molecule has 1 unspecified atom stereocenters. The third-order valence-electron chi connectivity index (χ3n) is 5.49. The second-order valence-corrected chi connectivity index (χ2v) is 8.16. The summed E-state index contributed by atoms with van der Waals surface area (Å²) in [6.45, 7) is 5.66. The standard InChI is InChI=1S/C20H25Cl2NO2/c1-2-10-20(16-8-9-17(21)18(22)11-16)13-23(19(24)25-14-20)12-15-6-4-3-5-7-15/h2,8-9,11,15H,1,3-7,10,12-14H2. The fourth-order valence-corrected chi connectivity index (χ4v) is 4.40. The van der Waals surface area contributed by atoms with E-state index >= 15 is 0 Å². The highest BCUT2D eigenvalue weighted by Gasteiger charge is 2.41. The number of halogens is 2. The average molecular weight is 382 g/mol. The van der Waals surface area contributed by atoms with Gasteiger partial charge < -0.3 is 9.64 Å². The Labute approximate surface area is 159 Å². The van der Waals surface area contributed by atoms with Gasteiger partial charge in [0.05, 0.1) is 15.5 Å². The molecule has 1 aliphatic carbocycles. The lowest BCUT2D eigenvalue weighted by atomic mass is 9.76. The maximum absolute atomic E-state index is 12.3. The fraction of sp³-hybridized carbons (Fsp3) is 0.550. The summed E-state index contributed by atoms with van der Waals surface area (Å²) in [7, 11) is 0. The van der Waals surface area contributed by atoms with Gasteiger partial charge in [0.15, 0.2) is 0 Å². The summed E-state index contributed by atoms with van der Waals surface area (Å²) in [4.78, 5) is 14.2. The van der Waals surface area contributed by atoms with E-state index in [1.165, 1.54) is 32.1 Å². The van der Waals surface area contributed by atoms with Gasteiger partial charge in [0.2, 0.25) is 0 Å². The first kappa shape index (κ1) is 18.6. The van der Waals surface area contributed by atoms with Gasteiger partial charge in [0.1, 0.15) is 6.61 Å². The number of hydrogen-bond acceptors (Lipinski definition) is 2. The lowest BCUT2D eigenvalue weighted by Crippen LogP contribution is -2.53. The molecular formula is C20H25Cl2NO2. The first-order valence-corrected chi connectivity index (χ1v) is 9.78. The number of ether oxygens (including phenoxy) is 1. The first-order chi connectivity index (χ1) is 12.0. The van der Waals surface area contributed by atoms with Gasteiger partial charge in [-0.1, -0.05) is 54.6 Å². The van der Waals surface area contributed by atoms with Crippen molar-refractivity contribution in [2.45, 2.75) is 43.9 Å². The minimum Gasteiger partial charge on any atom is -0.448 e. The Morgan fingerprint density at radius 2 is 2.00 bits per heavy atom. The van der Waals surface area contributed by atoms with Crippen LogP contribution >= 0.6 is 23.2 Å². The zero-order valence-corrected chi connectivity index (χ0v) is 16.0. The van der Waals surface area contributed by atoms with E-state index in [4.69, 9.17) is 27.9 Å². The minimum atomic E-state index is -0.321. The molecule has 5 heteroatoms. The van der Waals surface area contributed by atoms with E-state index in [-0.39, 0.29) is 11.5 Å². The number of rotatable bonds is 5. The van der Waals surface area contributed by atoms with Crippen molar-refractivity contribution in [3.8, 4) is 0 Å². The van der Waals surface area contributed by atoms with Crippen LogP contribution in [-0.2, 0) is 10.2 Å². The SMILES string of the molecule is C=CCC1(c2ccc(Cl)c(Cl)c2)COC(=O)N(CC2CCCCC2)C1. The predicted octanol–water partition coefficient (Wildman–Crippen LogP) is 5.84. The highest BCUT2D eigenvalue weighted by molar-refractivity contribution is 6.42. The van der Waals surface area contributed by atoms with Crippen LogP contribution in [0.2, 0.25) is 10.0 Å². The molecule has 3 nitrogen and oxygen atoms in total. The van der Waals surface area contributed by atoms with E-state index in [0.29, 0.717) is 29.1 Å². The van der Waals surface area contributed by atoms with Gasteiger partial charge in [-0.05, 0) is 42.9 Å². The number of carbonyl (C=O) groups is 1. The molecule has 1 atom stereocenters. The van der Waals surface area contributed by atoms with Crippen LogP contribution in [-0.4, -0.2) is 30.7 Å². The largest absolute Gasteiger partial charge is 0.448 e. The Morgan fingerprint density at radius 3 is 2.68 bits per heavy atom. The van der Waals surface area contributed by atoms with Crippen molar-refractivity contribution in [1.29, 1.82) is 0 Å². The van der Waals surface area contributed by atoms with Crippen molar-refractivity contribution in [3.63, 3.8) is 0 Å². The number of hydrogen-bond donors (Lipinski definition) is 0. The number of cyclic esters (lactones) is 1. The van der Waals surface area contributed by atoms with Gasteiger partial charge >= 0.3 is 6.09 Å².